The van der Waals surface area contributed by atoms with Crippen molar-refractivity contribution in [2.24, 2.45) is 5.73 Å². The van der Waals surface area contributed by atoms with Crippen molar-refractivity contribution >= 4 is 5.69 Å². The number of benzene rings is 2. The van der Waals surface area contributed by atoms with Gasteiger partial charge in [-0.05, 0) is 48.2 Å². The Bertz CT molecular complexity index is 475. The average molecular weight is 256 g/mol. The summed E-state index contributed by atoms with van der Waals surface area (Å²) >= 11 is 0. The lowest BCUT2D eigenvalue weighted by atomic mass is 10.0. The molecular weight excluding hydrogens is 232 g/mol. The Hall–Kier alpha value is -1.80. The maximum atomic E-state index is 5.76. The van der Waals surface area contributed by atoms with Crippen LogP contribution in [0.2, 0.25) is 0 Å². The Kier molecular flexibility index (Phi) is 6.69. The number of anilines is 1. The normalized spacial score (nSPS) is 9.63. The molecule has 0 radical (unpaired) electrons. The molecule has 2 heteroatoms. The minimum atomic E-state index is 0.703. The molecule has 2 aromatic rings. The van der Waals surface area contributed by atoms with Crippen LogP contribution in [0.4, 0.5) is 5.69 Å². The fourth-order valence-electron chi connectivity index (χ4n) is 1.93. The summed E-state index contributed by atoms with van der Waals surface area (Å²) in [6.07, 6.45) is 1.87. The molecule has 2 aromatic carbocycles. The summed E-state index contributed by atoms with van der Waals surface area (Å²) in [5, 5.41) is 0. The van der Waals surface area contributed by atoms with Gasteiger partial charge in [-0.3, -0.25) is 0 Å². The van der Waals surface area contributed by atoms with E-state index in [9.17, 15) is 0 Å². The van der Waals surface area contributed by atoms with Gasteiger partial charge in [-0.2, -0.15) is 0 Å². The quantitative estimate of drug-likeness (QED) is 0.824. The monoisotopic (exact) mass is 256 g/mol. The Labute approximate surface area is 116 Å². The number of nitrogens with two attached hydrogens (primary N) is 2. The van der Waals surface area contributed by atoms with E-state index in [1.54, 1.807) is 0 Å². The first kappa shape index (κ1) is 15.3. The highest BCUT2D eigenvalue weighted by Gasteiger charge is 1.97. The van der Waals surface area contributed by atoms with E-state index in [4.69, 9.17) is 11.5 Å². The van der Waals surface area contributed by atoms with Crippen LogP contribution >= 0.6 is 0 Å². The molecule has 0 aliphatic heterocycles. The van der Waals surface area contributed by atoms with Gasteiger partial charge in [0, 0.05) is 5.69 Å². The van der Waals surface area contributed by atoms with E-state index < -0.39 is 0 Å². The lowest BCUT2D eigenvalue weighted by Gasteiger charge is -2.04. The Morgan fingerprint density at radius 2 is 1.47 bits per heavy atom. The summed E-state index contributed by atoms with van der Waals surface area (Å²) < 4.78 is 0. The van der Waals surface area contributed by atoms with Gasteiger partial charge in [0.05, 0.1) is 0 Å². The largest absolute Gasteiger partial charge is 0.399 e. The number of nitrogen functional groups attached to an aromatic ring is 1. The van der Waals surface area contributed by atoms with Crippen LogP contribution in [0.1, 0.15) is 30.5 Å². The molecule has 0 aliphatic carbocycles. The summed E-state index contributed by atoms with van der Waals surface area (Å²) in [6, 6.07) is 16.6. The maximum Gasteiger partial charge on any atom is 0.0316 e. The topological polar surface area (TPSA) is 52.0 Å². The van der Waals surface area contributed by atoms with Crippen molar-refractivity contribution in [3.05, 3.63) is 65.2 Å². The summed E-state index contributed by atoms with van der Waals surface area (Å²) in [4.78, 5) is 0. The summed E-state index contributed by atoms with van der Waals surface area (Å²) in [5.41, 5.74) is 16.0. The minimum absolute atomic E-state index is 0.703. The highest BCUT2D eigenvalue weighted by molar-refractivity contribution is 5.42. The third-order valence-corrected chi connectivity index (χ3v) is 2.82. The molecule has 0 saturated carbocycles. The number of hydrogen-bond donors (Lipinski definition) is 2. The van der Waals surface area contributed by atoms with E-state index >= 15 is 0 Å². The fraction of sp³-hybridized carbons (Fsp3) is 0.294. The van der Waals surface area contributed by atoms with Crippen molar-refractivity contribution in [2.75, 3.05) is 12.3 Å². The first-order chi connectivity index (χ1) is 9.28. The van der Waals surface area contributed by atoms with Gasteiger partial charge in [0.1, 0.15) is 0 Å². The molecule has 0 unspecified atom stereocenters. The minimum Gasteiger partial charge on any atom is -0.399 e. The molecule has 0 saturated heterocycles. The predicted molar refractivity (Wildman–Crippen MR) is 84.2 cm³/mol. The van der Waals surface area contributed by atoms with Crippen molar-refractivity contribution < 1.29 is 0 Å². The van der Waals surface area contributed by atoms with Crippen molar-refractivity contribution in [3.8, 4) is 0 Å². The zero-order chi connectivity index (χ0) is 14.1. The van der Waals surface area contributed by atoms with Crippen LogP contribution in [-0.2, 0) is 12.8 Å². The van der Waals surface area contributed by atoms with Gasteiger partial charge in [0.25, 0.3) is 0 Å². The SMILES string of the molecule is CC.NCCc1ccc(Cc2cccc(N)c2)cc1. The van der Waals surface area contributed by atoms with Crippen molar-refractivity contribution in [3.63, 3.8) is 0 Å². The van der Waals surface area contributed by atoms with Crippen molar-refractivity contribution in [1.29, 1.82) is 0 Å². The average Bonchev–Trinajstić information content (AvgIpc) is 2.44. The molecule has 2 rings (SSSR count). The van der Waals surface area contributed by atoms with E-state index in [1.807, 2.05) is 32.0 Å². The van der Waals surface area contributed by atoms with Gasteiger partial charge in [-0.1, -0.05) is 50.2 Å². The first-order valence-corrected chi connectivity index (χ1v) is 6.90. The maximum absolute atomic E-state index is 5.76. The van der Waals surface area contributed by atoms with E-state index in [0.29, 0.717) is 6.54 Å². The highest BCUT2D eigenvalue weighted by atomic mass is 14.5. The molecular formula is C17H24N2. The lowest BCUT2D eigenvalue weighted by molar-refractivity contribution is 0.966. The Morgan fingerprint density at radius 1 is 0.842 bits per heavy atom. The van der Waals surface area contributed by atoms with Crippen LogP contribution in [-0.4, -0.2) is 6.54 Å². The van der Waals surface area contributed by atoms with Gasteiger partial charge in [-0.15, -0.1) is 0 Å². The fourth-order valence-corrected chi connectivity index (χ4v) is 1.93. The predicted octanol–water partition coefficient (Wildman–Crippen LogP) is 3.39. The highest BCUT2D eigenvalue weighted by Crippen LogP contribution is 2.13. The lowest BCUT2D eigenvalue weighted by Crippen LogP contribution is -2.02. The van der Waals surface area contributed by atoms with Crippen molar-refractivity contribution in [2.45, 2.75) is 26.7 Å². The molecule has 102 valence electrons. The van der Waals surface area contributed by atoms with Crippen LogP contribution in [0.3, 0.4) is 0 Å². The smallest absolute Gasteiger partial charge is 0.0316 e. The zero-order valence-corrected chi connectivity index (χ0v) is 11.9. The van der Waals surface area contributed by atoms with Gasteiger partial charge in [0.15, 0.2) is 0 Å². The molecule has 0 spiro atoms. The molecule has 19 heavy (non-hydrogen) atoms. The third kappa shape index (κ3) is 5.14. The van der Waals surface area contributed by atoms with Crippen LogP contribution in [0.5, 0.6) is 0 Å². The second-order valence-electron chi connectivity index (χ2n) is 4.28. The number of rotatable bonds is 4. The zero-order valence-electron chi connectivity index (χ0n) is 11.9. The standard InChI is InChI=1S/C15H18N2.C2H6/c16-9-8-12-4-6-13(7-5-12)10-14-2-1-3-15(17)11-14;1-2/h1-7,11H,8-10,16-17H2;1-2H3. The number of hydrogen-bond acceptors (Lipinski definition) is 2. The molecule has 0 fully saturated rings. The van der Waals surface area contributed by atoms with E-state index in [1.165, 1.54) is 16.7 Å². The summed E-state index contributed by atoms with van der Waals surface area (Å²) in [6.45, 7) is 4.70. The molecule has 0 heterocycles. The molecule has 0 aliphatic rings. The second kappa shape index (κ2) is 8.33. The molecule has 0 amide bonds. The Balaban J connectivity index is 0.000000861. The Morgan fingerprint density at radius 3 is 2.05 bits per heavy atom. The van der Waals surface area contributed by atoms with Crippen molar-refractivity contribution in [1.82, 2.24) is 0 Å². The van der Waals surface area contributed by atoms with E-state index in [0.717, 1.165) is 18.5 Å². The van der Waals surface area contributed by atoms with E-state index in [-0.39, 0.29) is 0 Å². The first-order valence-electron chi connectivity index (χ1n) is 6.90. The molecule has 0 aromatic heterocycles. The van der Waals surface area contributed by atoms with Crippen LogP contribution in [0.15, 0.2) is 48.5 Å². The van der Waals surface area contributed by atoms with Crippen LogP contribution in [0, 0.1) is 0 Å². The third-order valence-electron chi connectivity index (χ3n) is 2.82. The van der Waals surface area contributed by atoms with Crippen LogP contribution < -0.4 is 11.5 Å². The van der Waals surface area contributed by atoms with E-state index in [2.05, 4.69) is 30.3 Å². The van der Waals surface area contributed by atoms with Gasteiger partial charge < -0.3 is 11.5 Å². The summed E-state index contributed by atoms with van der Waals surface area (Å²) in [7, 11) is 0. The van der Waals surface area contributed by atoms with Gasteiger partial charge in [0.2, 0.25) is 0 Å². The van der Waals surface area contributed by atoms with Crippen LogP contribution in [0.25, 0.3) is 0 Å². The van der Waals surface area contributed by atoms with Gasteiger partial charge in [-0.25, -0.2) is 0 Å². The second-order valence-corrected chi connectivity index (χ2v) is 4.28. The molecule has 0 bridgehead atoms. The van der Waals surface area contributed by atoms with Gasteiger partial charge >= 0.3 is 0 Å². The molecule has 2 nitrogen and oxygen atoms in total. The molecule has 0 atom stereocenters. The summed E-state index contributed by atoms with van der Waals surface area (Å²) in [5.74, 6) is 0. The molecule has 4 N–H and O–H groups in total.